The summed E-state index contributed by atoms with van der Waals surface area (Å²) in [6.45, 7) is 3.03. The lowest BCUT2D eigenvalue weighted by Crippen LogP contribution is -2.14. The summed E-state index contributed by atoms with van der Waals surface area (Å²) >= 11 is 7.44. The van der Waals surface area contributed by atoms with E-state index < -0.39 is 0 Å². The molecule has 0 radical (unpaired) electrons. The lowest BCUT2D eigenvalue weighted by molar-refractivity contribution is -0.113. The first kappa shape index (κ1) is 24.3. The number of rotatable bonds is 7. The van der Waals surface area contributed by atoms with Crippen LogP contribution in [0.2, 0.25) is 5.02 Å². The van der Waals surface area contributed by atoms with E-state index in [0.29, 0.717) is 16.0 Å². The van der Waals surface area contributed by atoms with E-state index in [4.69, 9.17) is 11.6 Å². The zero-order valence-corrected chi connectivity index (χ0v) is 22.2. The Bertz CT molecular complexity index is 1760. The van der Waals surface area contributed by atoms with Crippen molar-refractivity contribution in [1.82, 2.24) is 19.3 Å². The summed E-state index contributed by atoms with van der Waals surface area (Å²) in [5.74, 6) is 0.776. The lowest BCUT2D eigenvalue weighted by Gasteiger charge is -2.11. The van der Waals surface area contributed by atoms with Gasteiger partial charge in [-0.05, 0) is 67.6 Å². The van der Waals surface area contributed by atoms with Crippen LogP contribution in [-0.2, 0) is 11.3 Å². The molecule has 6 nitrogen and oxygen atoms in total. The molecule has 1 amide bonds. The minimum atomic E-state index is -0.107. The van der Waals surface area contributed by atoms with Gasteiger partial charge in [-0.1, -0.05) is 59.8 Å². The number of benzene rings is 4. The molecule has 0 fully saturated rings. The number of hydrogen-bond acceptors (Lipinski definition) is 4. The molecule has 0 aliphatic carbocycles. The van der Waals surface area contributed by atoms with Crippen molar-refractivity contribution in [3.8, 4) is 17.1 Å². The third kappa shape index (κ3) is 4.55. The summed E-state index contributed by atoms with van der Waals surface area (Å²) in [7, 11) is 0. The molecule has 2 heterocycles. The van der Waals surface area contributed by atoms with Gasteiger partial charge in [0, 0.05) is 50.3 Å². The molecule has 6 aromatic rings. The molecule has 188 valence electrons. The fourth-order valence-electron chi connectivity index (χ4n) is 4.76. The first-order chi connectivity index (χ1) is 18.6. The Morgan fingerprint density at radius 3 is 2.39 bits per heavy atom. The number of anilines is 1. The Labute approximate surface area is 229 Å². The minimum absolute atomic E-state index is 0.107. The van der Waals surface area contributed by atoms with Crippen LogP contribution >= 0.6 is 23.4 Å². The zero-order valence-electron chi connectivity index (χ0n) is 20.6. The van der Waals surface area contributed by atoms with Crippen molar-refractivity contribution in [2.24, 2.45) is 0 Å². The highest BCUT2D eigenvalue weighted by Crippen LogP contribution is 2.32. The highest BCUT2D eigenvalue weighted by Gasteiger charge is 2.18. The summed E-state index contributed by atoms with van der Waals surface area (Å²) < 4.78 is 4.26. The van der Waals surface area contributed by atoms with Crippen molar-refractivity contribution >= 4 is 56.8 Å². The third-order valence-electron chi connectivity index (χ3n) is 6.45. The minimum Gasteiger partial charge on any atom is -0.341 e. The molecule has 1 N–H and O–H groups in total. The molecule has 0 bridgehead atoms. The third-order valence-corrected chi connectivity index (χ3v) is 7.64. The monoisotopic (exact) mass is 537 g/mol. The van der Waals surface area contributed by atoms with Crippen LogP contribution in [0, 0.1) is 0 Å². The van der Waals surface area contributed by atoms with Crippen LogP contribution in [0.3, 0.4) is 0 Å². The molecule has 0 atom stereocenters. The molecular formula is C30H24ClN5OS. The van der Waals surface area contributed by atoms with Crippen molar-refractivity contribution in [2.75, 3.05) is 11.1 Å². The van der Waals surface area contributed by atoms with E-state index in [-0.39, 0.29) is 11.7 Å². The van der Waals surface area contributed by atoms with E-state index in [9.17, 15) is 4.79 Å². The Balaban J connectivity index is 1.25. The maximum absolute atomic E-state index is 13.0. The molecule has 6 rings (SSSR count). The smallest absolute Gasteiger partial charge is 0.234 e. The van der Waals surface area contributed by atoms with Crippen LogP contribution in [0.5, 0.6) is 0 Å². The Morgan fingerprint density at radius 2 is 1.61 bits per heavy atom. The van der Waals surface area contributed by atoms with Gasteiger partial charge in [0.25, 0.3) is 0 Å². The molecular weight excluding hydrogens is 514 g/mol. The number of hydrogen-bond donors (Lipinski definition) is 1. The second kappa shape index (κ2) is 10.4. The zero-order chi connectivity index (χ0) is 26.1. The molecule has 0 saturated carbocycles. The van der Waals surface area contributed by atoms with Crippen molar-refractivity contribution < 1.29 is 4.79 Å². The van der Waals surface area contributed by atoms with Gasteiger partial charge in [-0.25, -0.2) is 0 Å². The van der Waals surface area contributed by atoms with E-state index in [0.717, 1.165) is 34.4 Å². The summed E-state index contributed by atoms with van der Waals surface area (Å²) in [6, 6.07) is 31.8. The average molecular weight is 538 g/mol. The lowest BCUT2D eigenvalue weighted by atomic mass is 10.1. The highest BCUT2D eigenvalue weighted by molar-refractivity contribution is 7.99. The second-order valence-corrected chi connectivity index (χ2v) is 10.2. The molecule has 0 unspecified atom stereocenters. The number of halogens is 1. The number of para-hydroxylation sites is 2. The number of amides is 1. The van der Waals surface area contributed by atoms with Gasteiger partial charge >= 0.3 is 0 Å². The summed E-state index contributed by atoms with van der Waals surface area (Å²) in [5, 5.41) is 15.5. The standard InChI is InChI=1S/C30H24ClN5OS/c1-2-35-26-11-7-6-10-24(26)25-18-22(16-17-27(25)35)32-28(37)19-38-30-34-33-29(20-12-14-21(31)15-13-20)36(30)23-8-4-3-5-9-23/h3-18H,2,19H2,1H3,(H,32,37). The van der Waals surface area contributed by atoms with Gasteiger partial charge in [-0.2, -0.15) is 0 Å². The van der Waals surface area contributed by atoms with E-state index in [1.165, 1.54) is 22.7 Å². The summed E-state index contributed by atoms with van der Waals surface area (Å²) in [6.07, 6.45) is 0. The Hall–Kier alpha value is -4.07. The SMILES string of the molecule is CCn1c2ccccc2c2cc(NC(=O)CSc3nnc(-c4ccc(Cl)cc4)n3-c3ccccc3)ccc21. The maximum Gasteiger partial charge on any atom is 0.234 e. The van der Waals surface area contributed by atoms with Gasteiger partial charge < -0.3 is 9.88 Å². The Morgan fingerprint density at radius 1 is 0.868 bits per heavy atom. The van der Waals surface area contributed by atoms with Gasteiger partial charge in [-0.15, -0.1) is 10.2 Å². The first-order valence-corrected chi connectivity index (χ1v) is 13.7. The number of nitrogens with zero attached hydrogens (tertiary/aromatic N) is 4. The summed E-state index contributed by atoms with van der Waals surface area (Å²) in [5.41, 5.74) is 4.94. The van der Waals surface area contributed by atoms with Gasteiger partial charge in [0.05, 0.1) is 5.75 Å². The number of aryl methyl sites for hydroxylation is 1. The van der Waals surface area contributed by atoms with Crippen LogP contribution in [0.25, 0.3) is 38.9 Å². The van der Waals surface area contributed by atoms with Crippen molar-refractivity contribution in [2.45, 2.75) is 18.6 Å². The fraction of sp³-hybridized carbons (Fsp3) is 0.100. The number of carbonyl (C=O) groups excluding carboxylic acids is 1. The highest BCUT2D eigenvalue weighted by atomic mass is 35.5. The predicted molar refractivity (Wildman–Crippen MR) is 156 cm³/mol. The fourth-order valence-corrected chi connectivity index (χ4v) is 5.64. The molecule has 4 aromatic carbocycles. The molecule has 0 aliphatic heterocycles. The van der Waals surface area contributed by atoms with Crippen molar-refractivity contribution in [1.29, 1.82) is 0 Å². The van der Waals surface area contributed by atoms with E-state index in [1.54, 1.807) is 0 Å². The average Bonchev–Trinajstić information content (AvgIpc) is 3.51. The van der Waals surface area contributed by atoms with E-state index in [1.807, 2.05) is 71.3 Å². The molecule has 0 spiro atoms. The van der Waals surface area contributed by atoms with Crippen molar-refractivity contribution in [3.05, 3.63) is 102 Å². The van der Waals surface area contributed by atoms with Crippen LogP contribution in [0.15, 0.2) is 102 Å². The van der Waals surface area contributed by atoms with Crippen LogP contribution in [0.1, 0.15) is 6.92 Å². The predicted octanol–water partition coefficient (Wildman–Crippen LogP) is 7.45. The number of aromatic nitrogens is 4. The largest absolute Gasteiger partial charge is 0.341 e. The maximum atomic E-state index is 13.0. The second-order valence-electron chi connectivity index (χ2n) is 8.81. The van der Waals surface area contributed by atoms with E-state index >= 15 is 0 Å². The van der Waals surface area contributed by atoms with Crippen molar-refractivity contribution in [3.63, 3.8) is 0 Å². The molecule has 2 aromatic heterocycles. The van der Waals surface area contributed by atoms with Crippen LogP contribution in [0.4, 0.5) is 5.69 Å². The Kier molecular flexibility index (Phi) is 6.62. The quantitative estimate of drug-likeness (QED) is 0.215. The van der Waals surface area contributed by atoms with Crippen LogP contribution in [-0.4, -0.2) is 31.0 Å². The van der Waals surface area contributed by atoms with Gasteiger partial charge in [-0.3, -0.25) is 9.36 Å². The topological polar surface area (TPSA) is 64.7 Å². The summed E-state index contributed by atoms with van der Waals surface area (Å²) in [4.78, 5) is 13.0. The first-order valence-electron chi connectivity index (χ1n) is 12.3. The van der Waals surface area contributed by atoms with Gasteiger partial charge in [0.2, 0.25) is 5.91 Å². The molecule has 0 saturated heterocycles. The normalized spacial score (nSPS) is 11.3. The van der Waals surface area contributed by atoms with E-state index in [2.05, 4.69) is 57.3 Å². The van der Waals surface area contributed by atoms with Gasteiger partial charge in [0.15, 0.2) is 11.0 Å². The number of thioether (sulfide) groups is 1. The molecule has 38 heavy (non-hydrogen) atoms. The van der Waals surface area contributed by atoms with Crippen LogP contribution < -0.4 is 5.32 Å². The van der Waals surface area contributed by atoms with Gasteiger partial charge in [0.1, 0.15) is 0 Å². The number of fused-ring (bicyclic) bond motifs is 3. The molecule has 8 heteroatoms. The molecule has 0 aliphatic rings. The number of nitrogens with one attached hydrogen (secondary N) is 1. The number of carbonyl (C=O) groups is 1.